The lowest BCUT2D eigenvalue weighted by molar-refractivity contribution is 0.0933. The number of nitrogens with zero attached hydrogens (tertiary/aromatic N) is 5. The molecule has 4 rings (SSSR count). The lowest BCUT2D eigenvalue weighted by Crippen LogP contribution is -2.34. The van der Waals surface area contributed by atoms with E-state index in [1.807, 2.05) is 0 Å². The number of hydrogen-bond acceptors (Lipinski definition) is 7. The number of H-pyrrole nitrogens is 1. The molecule has 1 aromatic carbocycles. The summed E-state index contributed by atoms with van der Waals surface area (Å²) in [5.41, 5.74) is 5.73. The van der Waals surface area contributed by atoms with Crippen LogP contribution in [0.2, 0.25) is 5.02 Å². The van der Waals surface area contributed by atoms with Crippen molar-refractivity contribution in [1.29, 1.82) is 0 Å². The molecule has 10 nitrogen and oxygen atoms in total. The highest BCUT2D eigenvalue weighted by Crippen LogP contribution is 2.22. The molecule has 0 bridgehead atoms. The zero-order valence-electron chi connectivity index (χ0n) is 15.1. The quantitative estimate of drug-likeness (QED) is 0.463. The molecule has 4 N–H and O–H groups in total. The zero-order valence-corrected chi connectivity index (χ0v) is 15.9. The summed E-state index contributed by atoms with van der Waals surface area (Å²) in [6.45, 7) is 1.69. The molecule has 0 radical (unpaired) electrons. The number of nitrogen functional groups attached to an aromatic ring is 1. The second-order valence-corrected chi connectivity index (χ2v) is 6.58. The van der Waals surface area contributed by atoms with Gasteiger partial charge in [-0.1, -0.05) is 17.7 Å². The van der Waals surface area contributed by atoms with Crippen LogP contribution in [0.1, 0.15) is 29.3 Å². The highest BCUT2D eigenvalue weighted by molar-refractivity contribution is 6.35. The van der Waals surface area contributed by atoms with Crippen LogP contribution in [0.4, 0.5) is 5.82 Å². The fraction of sp³-hybridized carbons (Fsp3) is 0.111. The number of nitrogens with one attached hydrogen (secondary N) is 2. The summed E-state index contributed by atoms with van der Waals surface area (Å²) in [6.07, 6.45) is 4.26. The minimum atomic E-state index is -0.678. The Morgan fingerprint density at radius 2 is 2.03 bits per heavy atom. The monoisotopic (exact) mass is 410 g/mol. The molecule has 4 aromatic rings. The molecule has 0 saturated heterocycles. The maximum absolute atomic E-state index is 13.2. The van der Waals surface area contributed by atoms with Gasteiger partial charge in [0.15, 0.2) is 11.5 Å². The average Bonchev–Trinajstić information content (AvgIpc) is 3.22. The summed E-state index contributed by atoms with van der Waals surface area (Å²) >= 11 is 6.23. The normalized spacial score (nSPS) is 12.1. The first kappa shape index (κ1) is 18.6. The first-order valence-electron chi connectivity index (χ1n) is 8.55. The highest BCUT2D eigenvalue weighted by Gasteiger charge is 2.23. The second kappa shape index (κ2) is 7.32. The van der Waals surface area contributed by atoms with Gasteiger partial charge < -0.3 is 11.1 Å². The lowest BCUT2D eigenvalue weighted by Gasteiger charge is -2.19. The molecule has 0 unspecified atom stereocenters. The number of fused-ring (bicyclic) bond motifs is 1. The maximum Gasteiger partial charge on any atom is 0.274 e. The van der Waals surface area contributed by atoms with E-state index in [1.165, 1.54) is 23.2 Å². The number of carbonyl (C=O) groups is 1. The van der Waals surface area contributed by atoms with Gasteiger partial charge in [-0.2, -0.15) is 5.10 Å². The van der Waals surface area contributed by atoms with Crippen LogP contribution < -0.4 is 16.6 Å². The smallest absolute Gasteiger partial charge is 0.274 e. The number of aromatic nitrogens is 6. The number of benzene rings is 1. The molecular weight excluding hydrogens is 396 g/mol. The van der Waals surface area contributed by atoms with Gasteiger partial charge in [0.1, 0.15) is 11.6 Å². The third-order valence-electron chi connectivity index (χ3n) is 4.28. The zero-order chi connectivity index (χ0) is 20.5. The SMILES string of the molecule is C[C@H](NC(=O)c1nccnc1N)c1nc2cccc(Cl)c2c(=O)n1-c1ccn[nH]1. The van der Waals surface area contributed by atoms with E-state index in [9.17, 15) is 9.59 Å². The van der Waals surface area contributed by atoms with Gasteiger partial charge >= 0.3 is 0 Å². The first-order chi connectivity index (χ1) is 14.0. The summed E-state index contributed by atoms with van der Waals surface area (Å²) in [4.78, 5) is 38.2. The van der Waals surface area contributed by atoms with E-state index in [0.717, 1.165) is 0 Å². The fourth-order valence-corrected chi connectivity index (χ4v) is 3.21. The van der Waals surface area contributed by atoms with Crippen molar-refractivity contribution in [2.45, 2.75) is 13.0 Å². The van der Waals surface area contributed by atoms with Gasteiger partial charge in [0, 0.05) is 18.5 Å². The minimum Gasteiger partial charge on any atom is -0.382 e. The lowest BCUT2D eigenvalue weighted by atomic mass is 10.2. The number of anilines is 1. The molecule has 146 valence electrons. The standard InChI is InChI=1S/C18H15ClN8O2/c1-9(24-17(28)14-15(20)22-8-7-21-14)16-25-11-4-2-3-10(19)13(11)18(29)27(16)12-5-6-23-26-12/h2-9H,1H3,(H2,20,22)(H,23,26)(H,24,28)/t9-/m0/s1. The Labute approximate surface area is 168 Å². The molecule has 3 heterocycles. The van der Waals surface area contributed by atoms with Crippen molar-refractivity contribution in [2.24, 2.45) is 0 Å². The number of rotatable bonds is 4. The van der Waals surface area contributed by atoms with Crippen molar-refractivity contribution >= 4 is 34.2 Å². The number of halogens is 1. The molecule has 1 atom stereocenters. The topological polar surface area (TPSA) is 144 Å². The van der Waals surface area contributed by atoms with Gasteiger partial charge in [-0.15, -0.1) is 0 Å². The summed E-state index contributed by atoms with van der Waals surface area (Å²) in [5.74, 6) is 0.130. The van der Waals surface area contributed by atoms with Gasteiger partial charge in [0.25, 0.3) is 11.5 Å². The van der Waals surface area contributed by atoms with Crippen LogP contribution in [-0.4, -0.2) is 35.6 Å². The summed E-state index contributed by atoms with van der Waals surface area (Å²) in [7, 11) is 0. The van der Waals surface area contributed by atoms with Crippen molar-refractivity contribution in [3.63, 3.8) is 0 Å². The Bertz CT molecular complexity index is 1270. The maximum atomic E-state index is 13.2. The number of amides is 1. The molecule has 0 fully saturated rings. The second-order valence-electron chi connectivity index (χ2n) is 6.17. The Morgan fingerprint density at radius 1 is 1.24 bits per heavy atom. The molecule has 0 aliphatic carbocycles. The third-order valence-corrected chi connectivity index (χ3v) is 4.59. The van der Waals surface area contributed by atoms with Crippen LogP contribution in [0.5, 0.6) is 0 Å². The number of nitrogens with two attached hydrogens (primary N) is 1. The highest BCUT2D eigenvalue weighted by atomic mass is 35.5. The summed E-state index contributed by atoms with van der Waals surface area (Å²) in [5, 5.41) is 9.94. The molecule has 3 aromatic heterocycles. The van der Waals surface area contributed by atoms with Crippen LogP contribution >= 0.6 is 11.6 Å². The Hall–Kier alpha value is -3.79. The van der Waals surface area contributed by atoms with Crippen LogP contribution in [0.3, 0.4) is 0 Å². The van der Waals surface area contributed by atoms with Gasteiger partial charge in [0.2, 0.25) is 0 Å². The number of hydrogen-bond donors (Lipinski definition) is 3. The van der Waals surface area contributed by atoms with Crippen molar-refractivity contribution in [2.75, 3.05) is 5.73 Å². The van der Waals surface area contributed by atoms with Crippen LogP contribution in [0, 0.1) is 0 Å². The van der Waals surface area contributed by atoms with E-state index in [-0.39, 0.29) is 33.3 Å². The van der Waals surface area contributed by atoms with E-state index < -0.39 is 11.9 Å². The van der Waals surface area contributed by atoms with Gasteiger partial charge in [-0.3, -0.25) is 14.7 Å². The molecule has 0 aliphatic heterocycles. The van der Waals surface area contributed by atoms with E-state index in [2.05, 4.69) is 30.5 Å². The molecule has 29 heavy (non-hydrogen) atoms. The molecule has 0 aliphatic rings. The van der Waals surface area contributed by atoms with E-state index in [4.69, 9.17) is 17.3 Å². The van der Waals surface area contributed by atoms with Gasteiger partial charge in [-0.05, 0) is 19.1 Å². The fourth-order valence-electron chi connectivity index (χ4n) is 2.96. The van der Waals surface area contributed by atoms with E-state index in [0.29, 0.717) is 11.3 Å². The Morgan fingerprint density at radius 3 is 2.76 bits per heavy atom. The first-order valence-corrected chi connectivity index (χ1v) is 8.93. The Kier molecular flexibility index (Phi) is 4.69. The average molecular weight is 411 g/mol. The largest absolute Gasteiger partial charge is 0.382 e. The van der Waals surface area contributed by atoms with Crippen molar-refractivity contribution in [1.82, 2.24) is 35.0 Å². The predicted octanol–water partition coefficient (Wildman–Crippen LogP) is 1.63. The summed E-state index contributed by atoms with van der Waals surface area (Å²) in [6, 6.07) is 5.93. The van der Waals surface area contributed by atoms with Crippen molar-refractivity contribution < 1.29 is 4.79 Å². The van der Waals surface area contributed by atoms with Crippen LogP contribution in [0.25, 0.3) is 16.7 Å². The predicted molar refractivity (Wildman–Crippen MR) is 107 cm³/mol. The number of carbonyl (C=O) groups excluding carboxylic acids is 1. The van der Waals surface area contributed by atoms with E-state index >= 15 is 0 Å². The molecule has 0 spiro atoms. The number of aromatic amines is 1. The molecule has 0 saturated carbocycles. The van der Waals surface area contributed by atoms with Gasteiger partial charge in [0.05, 0.1) is 28.2 Å². The molecule has 11 heteroatoms. The van der Waals surface area contributed by atoms with Gasteiger partial charge in [-0.25, -0.2) is 19.5 Å². The third kappa shape index (κ3) is 3.29. The van der Waals surface area contributed by atoms with Crippen molar-refractivity contribution in [3.8, 4) is 5.82 Å². The molecular formula is C18H15ClN8O2. The van der Waals surface area contributed by atoms with Crippen LogP contribution in [0.15, 0.2) is 47.7 Å². The van der Waals surface area contributed by atoms with Crippen LogP contribution in [-0.2, 0) is 0 Å². The molecule has 1 amide bonds. The minimum absolute atomic E-state index is 0.00131. The Balaban J connectivity index is 1.84. The summed E-state index contributed by atoms with van der Waals surface area (Å²) < 4.78 is 1.33. The van der Waals surface area contributed by atoms with E-state index in [1.54, 1.807) is 31.2 Å². The van der Waals surface area contributed by atoms with Crippen molar-refractivity contribution in [3.05, 3.63) is 69.8 Å².